The van der Waals surface area contributed by atoms with Gasteiger partial charge < -0.3 is 30.2 Å². The zero-order valence-electron chi connectivity index (χ0n) is 20.1. The van der Waals surface area contributed by atoms with Gasteiger partial charge in [-0.3, -0.25) is 9.98 Å². The van der Waals surface area contributed by atoms with Crippen molar-refractivity contribution in [2.24, 2.45) is 9.98 Å². The summed E-state index contributed by atoms with van der Waals surface area (Å²) >= 11 is 0. The molecule has 0 atom stereocenters. The summed E-state index contributed by atoms with van der Waals surface area (Å²) in [6.45, 7) is 8.69. The highest BCUT2D eigenvalue weighted by Gasteiger charge is 2.24. The number of aromatic nitrogens is 1. The van der Waals surface area contributed by atoms with Crippen LogP contribution in [0.3, 0.4) is 0 Å². The van der Waals surface area contributed by atoms with Gasteiger partial charge in [0.25, 0.3) is 0 Å². The summed E-state index contributed by atoms with van der Waals surface area (Å²) in [7, 11) is 1.00. The second kappa shape index (κ2) is 12.6. The topological polar surface area (TPSA) is 111 Å². The molecule has 0 amide bonds. The van der Waals surface area contributed by atoms with E-state index in [-0.39, 0.29) is 13.1 Å². The lowest BCUT2D eigenvalue weighted by atomic mass is 10.0. The monoisotopic (exact) mass is 482 g/mol. The van der Waals surface area contributed by atoms with Crippen molar-refractivity contribution >= 4 is 35.8 Å². The summed E-state index contributed by atoms with van der Waals surface area (Å²) in [6, 6.07) is 4.73. The minimum atomic E-state index is -0.409. The molecule has 0 unspecified atom stereocenters. The number of hydrogen-bond acceptors (Lipinski definition) is 9. The number of piperidine rings is 1. The Morgan fingerprint density at radius 2 is 2.23 bits per heavy atom. The fourth-order valence-electron chi connectivity index (χ4n) is 4.04. The number of aliphatic hydroxyl groups is 1. The number of hydrogen-bond donors (Lipinski definition) is 3. The molecule has 186 valence electrons. The number of fused-ring (bicyclic) bond motifs is 1. The minimum absolute atomic E-state index is 0.0611. The van der Waals surface area contributed by atoms with Gasteiger partial charge in [0.1, 0.15) is 31.1 Å². The van der Waals surface area contributed by atoms with Crippen LogP contribution in [0, 0.1) is 12.7 Å². The second-order valence-corrected chi connectivity index (χ2v) is 7.85. The minimum Gasteiger partial charge on any atom is -0.474 e. The third kappa shape index (κ3) is 6.21. The highest BCUT2D eigenvalue weighted by atomic mass is 19.1. The first-order valence-corrected chi connectivity index (χ1v) is 11.3. The maximum Gasteiger partial charge on any atom is 0.237 e. The van der Waals surface area contributed by atoms with E-state index in [9.17, 15) is 9.18 Å². The molecule has 3 heterocycles. The summed E-state index contributed by atoms with van der Waals surface area (Å²) < 4.78 is 19.7. The first-order chi connectivity index (χ1) is 17.1. The number of nitrogens with one attached hydrogen (secondary N) is 2. The summed E-state index contributed by atoms with van der Waals surface area (Å²) in [6.07, 6.45) is 5.12. The molecule has 0 radical (unpaired) electrons. The number of carbonyl (C=O) groups excluding carboxylic acids is 1. The number of nitrogens with zero attached hydrogens (tertiary/aromatic N) is 4. The lowest BCUT2D eigenvalue weighted by molar-refractivity contribution is -0.107. The maximum atomic E-state index is 14.1. The van der Waals surface area contributed by atoms with Crippen LogP contribution in [0.15, 0.2) is 46.2 Å². The Labute approximate surface area is 204 Å². The molecule has 1 fully saturated rings. The molecule has 0 spiro atoms. The molecule has 1 saturated heterocycles. The van der Waals surface area contributed by atoms with E-state index in [1.165, 1.54) is 6.07 Å². The van der Waals surface area contributed by atoms with Crippen molar-refractivity contribution < 1.29 is 19.0 Å². The first kappa shape index (κ1) is 25.8. The molecule has 2 aliphatic rings. The zero-order chi connectivity index (χ0) is 25.2. The van der Waals surface area contributed by atoms with Gasteiger partial charge in [-0.25, -0.2) is 9.37 Å². The number of aldehydes is 1. The van der Waals surface area contributed by atoms with Crippen molar-refractivity contribution in [2.45, 2.75) is 19.8 Å². The third-order valence-corrected chi connectivity index (χ3v) is 5.78. The molecule has 3 N–H and O–H groups in total. The van der Waals surface area contributed by atoms with Gasteiger partial charge in [-0.2, -0.15) is 0 Å². The smallest absolute Gasteiger partial charge is 0.237 e. The third-order valence-electron chi connectivity index (χ3n) is 5.78. The Bertz CT molecular complexity index is 1120. The van der Waals surface area contributed by atoms with Gasteiger partial charge in [0.05, 0.1) is 24.1 Å². The van der Waals surface area contributed by atoms with Crippen LogP contribution in [0.2, 0.25) is 0 Å². The van der Waals surface area contributed by atoms with Crippen LogP contribution in [-0.4, -0.2) is 68.8 Å². The molecule has 9 nitrogen and oxygen atoms in total. The number of aliphatic hydroxyl groups excluding tert-OH is 1. The van der Waals surface area contributed by atoms with E-state index in [2.05, 4.69) is 39.2 Å². The number of anilines is 3. The SMILES string of the molecule is C=N/C=C1/CCN(c2cnc3c(c2C)NCCO3)C/C1=N/CNc1ccc(CC=O)c(F)c1.CO. The maximum absolute atomic E-state index is 14.1. The zero-order valence-corrected chi connectivity index (χ0v) is 20.1. The molecule has 35 heavy (non-hydrogen) atoms. The van der Waals surface area contributed by atoms with Crippen LogP contribution < -0.4 is 20.3 Å². The van der Waals surface area contributed by atoms with E-state index in [0.717, 1.165) is 54.8 Å². The number of halogens is 1. The lowest BCUT2D eigenvalue weighted by Crippen LogP contribution is -2.38. The summed E-state index contributed by atoms with van der Waals surface area (Å²) in [5.41, 5.74) is 5.96. The fraction of sp³-hybridized carbons (Fsp3) is 0.360. The number of ether oxygens (including phenoxy) is 1. The van der Waals surface area contributed by atoms with E-state index in [1.807, 2.05) is 6.20 Å². The molecule has 2 aromatic rings. The van der Waals surface area contributed by atoms with E-state index in [1.54, 1.807) is 18.3 Å². The van der Waals surface area contributed by atoms with Crippen molar-refractivity contribution in [3.8, 4) is 5.88 Å². The van der Waals surface area contributed by atoms with Crippen LogP contribution in [0.25, 0.3) is 0 Å². The summed E-state index contributed by atoms with van der Waals surface area (Å²) in [5.74, 6) is 0.230. The number of aliphatic imine (C=N–C) groups is 2. The predicted octanol–water partition coefficient (Wildman–Crippen LogP) is 2.99. The molecule has 4 rings (SSSR count). The van der Waals surface area contributed by atoms with E-state index in [0.29, 0.717) is 36.6 Å². The largest absolute Gasteiger partial charge is 0.474 e. The van der Waals surface area contributed by atoms with E-state index >= 15 is 0 Å². The normalized spacial score (nSPS) is 17.0. The van der Waals surface area contributed by atoms with Gasteiger partial charge in [-0.05, 0) is 43.3 Å². The fourth-order valence-corrected chi connectivity index (χ4v) is 4.04. The van der Waals surface area contributed by atoms with Crippen molar-refractivity contribution in [1.29, 1.82) is 0 Å². The molecular weight excluding hydrogens is 451 g/mol. The number of rotatable bonds is 7. The van der Waals surface area contributed by atoms with Crippen LogP contribution in [0.5, 0.6) is 5.88 Å². The molecule has 1 aromatic carbocycles. The Kier molecular flexibility index (Phi) is 9.31. The Morgan fingerprint density at radius 1 is 1.40 bits per heavy atom. The van der Waals surface area contributed by atoms with Crippen LogP contribution >= 0.6 is 0 Å². The standard InChI is InChI=1S/C24H27FN6O2.CH4O/c1-16-22(13-28-24-23(16)27-7-10-33-24)31-8-5-18(12-26-2)21(14-31)30-15-29-19-4-3-17(6-9-32)20(25)11-19;1-2/h3-4,9,11-13,27,29H,2,5-8,10,14-15H2,1H3;2H,1H3/b18-12-,30-21-;. The summed E-state index contributed by atoms with van der Waals surface area (Å²) in [5, 5.41) is 13.5. The van der Waals surface area contributed by atoms with E-state index in [4.69, 9.17) is 14.8 Å². The van der Waals surface area contributed by atoms with Gasteiger partial charge >= 0.3 is 0 Å². The van der Waals surface area contributed by atoms with Gasteiger partial charge in [0.15, 0.2) is 0 Å². The van der Waals surface area contributed by atoms with Gasteiger partial charge in [-0.1, -0.05) is 6.07 Å². The van der Waals surface area contributed by atoms with Crippen molar-refractivity contribution in [2.75, 3.05) is 55.6 Å². The van der Waals surface area contributed by atoms with Gasteiger partial charge in [-0.15, -0.1) is 0 Å². The Balaban J connectivity index is 0.00000167. The lowest BCUT2D eigenvalue weighted by Gasteiger charge is -2.33. The predicted molar refractivity (Wildman–Crippen MR) is 138 cm³/mol. The Hall–Kier alpha value is -3.79. The molecular formula is C25H31FN6O3. The van der Waals surface area contributed by atoms with Crippen molar-refractivity contribution in [1.82, 2.24) is 4.98 Å². The van der Waals surface area contributed by atoms with Crippen molar-refractivity contribution in [3.05, 3.63) is 53.1 Å². The van der Waals surface area contributed by atoms with Crippen LogP contribution in [-0.2, 0) is 11.2 Å². The molecule has 2 aliphatic heterocycles. The molecule has 0 aliphatic carbocycles. The van der Waals surface area contributed by atoms with E-state index < -0.39 is 5.82 Å². The number of carbonyl (C=O) groups is 1. The van der Waals surface area contributed by atoms with Crippen LogP contribution in [0.1, 0.15) is 17.5 Å². The first-order valence-electron chi connectivity index (χ1n) is 11.3. The molecule has 0 saturated carbocycles. The van der Waals surface area contributed by atoms with Gasteiger partial charge in [0, 0.05) is 44.1 Å². The highest BCUT2D eigenvalue weighted by Crippen LogP contribution is 2.35. The van der Waals surface area contributed by atoms with Crippen molar-refractivity contribution in [3.63, 3.8) is 0 Å². The average molecular weight is 483 g/mol. The molecule has 0 bridgehead atoms. The quantitative estimate of drug-likeness (QED) is 0.411. The van der Waals surface area contributed by atoms with Gasteiger partial charge in [0.2, 0.25) is 5.88 Å². The average Bonchev–Trinajstić information content (AvgIpc) is 2.88. The van der Waals surface area contributed by atoms with Crippen LogP contribution in [0.4, 0.5) is 21.5 Å². The molecule has 1 aromatic heterocycles. The number of pyridine rings is 1. The molecule has 10 heteroatoms. The second-order valence-electron chi connectivity index (χ2n) is 7.85. The Morgan fingerprint density at radius 3 is 2.97 bits per heavy atom. The summed E-state index contributed by atoms with van der Waals surface area (Å²) in [4.78, 5) is 26.0. The highest BCUT2D eigenvalue weighted by molar-refractivity contribution is 6.04. The number of benzene rings is 1.